The van der Waals surface area contributed by atoms with Crippen LogP contribution in [0.4, 0.5) is 0 Å². The number of hydrogen-bond acceptors (Lipinski definition) is 1. The lowest BCUT2D eigenvalue weighted by Gasteiger charge is -2.26. The zero-order chi connectivity index (χ0) is 10.7. The van der Waals surface area contributed by atoms with E-state index in [4.69, 9.17) is 11.2 Å². The van der Waals surface area contributed by atoms with Gasteiger partial charge in [0.2, 0.25) is 0 Å². The van der Waals surface area contributed by atoms with E-state index in [0.717, 1.165) is 18.1 Å². The summed E-state index contributed by atoms with van der Waals surface area (Å²) in [5, 5.41) is 0.832. The van der Waals surface area contributed by atoms with E-state index in [9.17, 15) is 4.57 Å². The van der Waals surface area contributed by atoms with Gasteiger partial charge in [-0.15, -0.1) is 0 Å². The second kappa shape index (κ2) is 4.72. The average Bonchev–Trinajstić information content (AvgIpc) is 2.31. The zero-order valence-corrected chi connectivity index (χ0v) is 10.4. The average molecular weight is 243 g/mol. The molecule has 1 saturated carbocycles. The summed E-state index contributed by atoms with van der Waals surface area (Å²) in [5.74, 6) is 0. The molecule has 0 aromatic heterocycles. The van der Waals surface area contributed by atoms with Crippen molar-refractivity contribution in [2.75, 3.05) is 0 Å². The Balaban J connectivity index is 2.22. The Kier molecular flexibility index (Phi) is 3.53. The molecule has 1 aromatic rings. The second-order valence-electron chi connectivity index (χ2n) is 4.20. The van der Waals surface area contributed by atoms with E-state index in [1.165, 1.54) is 19.3 Å². The van der Waals surface area contributed by atoms with E-state index in [1.54, 1.807) is 0 Å². The SMILES string of the molecule is O=P(Cl)(c1ccccc1)C1CCCCC1. The van der Waals surface area contributed by atoms with Crippen LogP contribution in [-0.2, 0) is 4.57 Å². The maximum absolute atomic E-state index is 12.5. The van der Waals surface area contributed by atoms with Crippen molar-refractivity contribution in [3.8, 4) is 0 Å². The first kappa shape index (κ1) is 11.2. The fourth-order valence-corrected chi connectivity index (χ4v) is 5.21. The predicted octanol–water partition coefficient (Wildman–Crippen LogP) is 4.16. The summed E-state index contributed by atoms with van der Waals surface area (Å²) in [5.41, 5.74) is 0.204. The molecule has 2 rings (SSSR count). The molecule has 0 N–H and O–H groups in total. The summed E-state index contributed by atoms with van der Waals surface area (Å²) in [6, 6.07) is 9.53. The molecule has 15 heavy (non-hydrogen) atoms. The first-order valence-corrected chi connectivity index (χ1v) is 8.24. The Morgan fingerprint density at radius 2 is 1.67 bits per heavy atom. The van der Waals surface area contributed by atoms with Gasteiger partial charge in [0.25, 0.3) is 0 Å². The molecule has 1 unspecified atom stereocenters. The van der Waals surface area contributed by atoms with Crippen LogP contribution in [-0.4, -0.2) is 5.66 Å². The fourth-order valence-electron chi connectivity index (χ4n) is 2.26. The van der Waals surface area contributed by atoms with Crippen LogP contribution >= 0.6 is 17.7 Å². The lowest BCUT2D eigenvalue weighted by molar-refractivity contribution is 0.492. The molecule has 82 valence electrons. The molecule has 0 aliphatic heterocycles. The standard InChI is InChI=1S/C12H16ClOP/c13-15(14,11-7-3-1-4-8-11)12-9-5-2-6-10-12/h1,3-4,7-8,12H,2,5-6,9-10H2. The van der Waals surface area contributed by atoms with Gasteiger partial charge in [-0.3, -0.25) is 0 Å². The summed E-state index contributed by atoms with van der Waals surface area (Å²) in [6.45, 7) is -2.65. The van der Waals surface area contributed by atoms with Crippen molar-refractivity contribution in [2.45, 2.75) is 37.8 Å². The Morgan fingerprint density at radius 3 is 2.27 bits per heavy atom. The van der Waals surface area contributed by atoms with Crippen molar-refractivity contribution >= 4 is 23.0 Å². The molecule has 1 aliphatic carbocycles. The van der Waals surface area contributed by atoms with E-state index in [2.05, 4.69) is 0 Å². The van der Waals surface area contributed by atoms with Gasteiger partial charge in [0, 0.05) is 11.0 Å². The van der Waals surface area contributed by atoms with Gasteiger partial charge in [-0.05, 0) is 24.1 Å². The summed E-state index contributed by atoms with van der Waals surface area (Å²) in [6.07, 6.45) is 5.66. The normalized spacial score (nSPS) is 22.2. The molecule has 1 nitrogen and oxygen atoms in total. The van der Waals surface area contributed by atoms with Gasteiger partial charge in [-0.1, -0.05) is 49.6 Å². The monoisotopic (exact) mass is 242 g/mol. The molecule has 0 heterocycles. The molecule has 1 aliphatic rings. The molecule has 3 heteroatoms. The van der Waals surface area contributed by atoms with Crippen molar-refractivity contribution in [3.63, 3.8) is 0 Å². The lowest BCUT2D eigenvalue weighted by atomic mass is 10.0. The number of hydrogen-bond donors (Lipinski definition) is 0. The largest absolute Gasteiger partial charge is 0.301 e. The van der Waals surface area contributed by atoms with Crippen LogP contribution in [0.3, 0.4) is 0 Å². The van der Waals surface area contributed by atoms with Crippen LogP contribution in [0, 0.1) is 0 Å². The Morgan fingerprint density at radius 1 is 1.07 bits per heavy atom. The molecule has 0 radical (unpaired) electrons. The van der Waals surface area contributed by atoms with Gasteiger partial charge in [-0.2, -0.15) is 0 Å². The molecule has 1 aromatic carbocycles. The smallest absolute Gasteiger partial charge is 0.200 e. The third-order valence-electron chi connectivity index (χ3n) is 3.15. The van der Waals surface area contributed by atoms with Gasteiger partial charge >= 0.3 is 0 Å². The minimum absolute atomic E-state index is 0.204. The van der Waals surface area contributed by atoms with Crippen molar-refractivity contribution in [3.05, 3.63) is 30.3 Å². The molecule has 0 saturated heterocycles. The van der Waals surface area contributed by atoms with Crippen molar-refractivity contribution in [1.82, 2.24) is 0 Å². The molecule has 1 fully saturated rings. The van der Waals surface area contributed by atoms with E-state index in [1.807, 2.05) is 30.3 Å². The topological polar surface area (TPSA) is 17.1 Å². The Bertz CT molecular complexity index is 357. The zero-order valence-electron chi connectivity index (χ0n) is 8.73. The van der Waals surface area contributed by atoms with Crippen molar-refractivity contribution in [1.29, 1.82) is 0 Å². The molecular weight excluding hydrogens is 227 g/mol. The van der Waals surface area contributed by atoms with Crippen LogP contribution in [0.2, 0.25) is 0 Å². The lowest BCUT2D eigenvalue weighted by Crippen LogP contribution is -2.17. The highest BCUT2D eigenvalue weighted by Gasteiger charge is 2.33. The van der Waals surface area contributed by atoms with E-state index < -0.39 is 6.49 Å². The van der Waals surface area contributed by atoms with E-state index in [0.29, 0.717) is 0 Å². The molecule has 0 amide bonds. The number of benzene rings is 1. The van der Waals surface area contributed by atoms with Crippen LogP contribution in [0.5, 0.6) is 0 Å². The first-order valence-electron chi connectivity index (χ1n) is 5.56. The summed E-state index contributed by atoms with van der Waals surface area (Å²) < 4.78 is 12.5. The fraction of sp³-hybridized carbons (Fsp3) is 0.500. The third-order valence-corrected chi connectivity index (χ3v) is 7.02. The Hall–Kier alpha value is -0.260. The quantitative estimate of drug-likeness (QED) is 0.712. The highest BCUT2D eigenvalue weighted by molar-refractivity contribution is 7.95. The highest BCUT2D eigenvalue weighted by Crippen LogP contribution is 2.58. The van der Waals surface area contributed by atoms with Crippen LogP contribution in [0.15, 0.2) is 30.3 Å². The van der Waals surface area contributed by atoms with Gasteiger partial charge in [0.05, 0.1) is 0 Å². The summed E-state index contributed by atoms with van der Waals surface area (Å²) in [4.78, 5) is 0. The molecule has 1 atom stereocenters. The minimum atomic E-state index is -2.65. The molecule has 0 spiro atoms. The third kappa shape index (κ3) is 2.46. The van der Waals surface area contributed by atoms with Crippen LogP contribution < -0.4 is 5.30 Å². The summed E-state index contributed by atoms with van der Waals surface area (Å²) >= 11 is 6.30. The van der Waals surface area contributed by atoms with Crippen LogP contribution in [0.25, 0.3) is 0 Å². The highest BCUT2D eigenvalue weighted by atomic mass is 35.7. The maximum atomic E-state index is 12.5. The number of halogens is 1. The molecule has 0 bridgehead atoms. The minimum Gasteiger partial charge on any atom is -0.301 e. The van der Waals surface area contributed by atoms with Gasteiger partial charge < -0.3 is 4.57 Å². The van der Waals surface area contributed by atoms with Crippen LogP contribution in [0.1, 0.15) is 32.1 Å². The predicted molar refractivity (Wildman–Crippen MR) is 66.4 cm³/mol. The van der Waals surface area contributed by atoms with Gasteiger partial charge in [0.15, 0.2) is 6.49 Å². The van der Waals surface area contributed by atoms with Gasteiger partial charge in [-0.25, -0.2) is 0 Å². The summed E-state index contributed by atoms with van der Waals surface area (Å²) in [7, 11) is 0. The van der Waals surface area contributed by atoms with Crippen molar-refractivity contribution < 1.29 is 4.57 Å². The second-order valence-corrected chi connectivity index (χ2v) is 8.11. The number of rotatable bonds is 2. The maximum Gasteiger partial charge on any atom is 0.200 e. The van der Waals surface area contributed by atoms with Crippen molar-refractivity contribution in [2.24, 2.45) is 0 Å². The van der Waals surface area contributed by atoms with E-state index in [-0.39, 0.29) is 5.66 Å². The Labute approximate surface area is 96.0 Å². The van der Waals surface area contributed by atoms with E-state index >= 15 is 0 Å². The van der Waals surface area contributed by atoms with Gasteiger partial charge in [0.1, 0.15) is 0 Å². The molecular formula is C12H16ClOP. The first-order chi connectivity index (χ1) is 7.21.